The maximum Gasteiger partial charge on any atom is 0.267 e. The molecule has 1 aromatic heterocycles. The van der Waals surface area contributed by atoms with E-state index in [-0.39, 0.29) is 18.0 Å². The van der Waals surface area contributed by atoms with Crippen molar-refractivity contribution in [3.8, 4) is 11.3 Å². The van der Waals surface area contributed by atoms with Crippen molar-refractivity contribution in [2.24, 2.45) is 0 Å². The molecule has 0 aliphatic heterocycles. The summed E-state index contributed by atoms with van der Waals surface area (Å²) in [6.07, 6.45) is 1.98. The first-order valence-corrected chi connectivity index (χ1v) is 7.90. The molecule has 0 radical (unpaired) electrons. The summed E-state index contributed by atoms with van der Waals surface area (Å²) in [6.45, 7) is 4.75. The van der Waals surface area contributed by atoms with Crippen LogP contribution in [0.3, 0.4) is 0 Å². The number of rotatable bonds is 6. The highest BCUT2D eigenvalue weighted by Gasteiger charge is 2.11. The van der Waals surface area contributed by atoms with E-state index in [1.165, 1.54) is 10.7 Å². The fourth-order valence-electron chi connectivity index (χ4n) is 2.29. The molecule has 0 aliphatic rings. The smallest absolute Gasteiger partial charge is 0.267 e. The number of carbonyl (C=O) groups excluding carboxylic acids is 1. The van der Waals surface area contributed by atoms with E-state index in [1.807, 2.05) is 31.2 Å². The molecular weight excluding hydrogens is 290 g/mol. The van der Waals surface area contributed by atoms with Gasteiger partial charge >= 0.3 is 0 Å². The van der Waals surface area contributed by atoms with Crippen molar-refractivity contribution in [1.82, 2.24) is 14.7 Å². The van der Waals surface area contributed by atoms with Crippen molar-refractivity contribution in [2.75, 3.05) is 13.6 Å². The van der Waals surface area contributed by atoms with Gasteiger partial charge in [0.1, 0.15) is 6.54 Å². The summed E-state index contributed by atoms with van der Waals surface area (Å²) in [5.41, 5.74) is 2.49. The lowest BCUT2D eigenvalue weighted by Gasteiger charge is -2.17. The number of amides is 1. The number of hydrogen-bond donors (Lipinski definition) is 0. The molecule has 0 saturated carbocycles. The molecule has 0 saturated heterocycles. The molecule has 0 atom stereocenters. The lowest BCUT2D eigenvalue weighted by Crippen LogP contribution is -2.35. The number of nitrogens with zero attached hydrogens (tertiary/aromatic N) is 3. The van der Waals surface area contributed by atoms with Gasteiger partial charge in [0.05, 0.1) is 5.69 Å². The summed E-state index contributed by atoms with van der Waals surface area (Å²) >= 11 is 0. The van der Waals surface area contributed by atoms with Crippen LogP contribution in [-0.4, -0.2) is 34.2 Å². The van der Waals surface area contributed by atoms with E-state index in [2.05, 4.69) is 12.0 Å². The minimum Gasteiger partial charge on any atom is -0.344 e. The van der Waals surface area contributed by atoms with Gasteiger partial charge in [-0.2, -0.15) is 5.10 Å². The summed E-state index contributed by atoms with van der Waals surface area (Å²) < 4.78 is 1.24. The van der Waals surface area contributed by atoms with Crippen LogP contribution in [-0.2, 0) is 11.3 Å². The van der Waals surface area contributed by atoms with E-state index in [4.69, 9.17) is 0 Å². The molecule has 5 nitrogen and oxygen atoms in total. The van der Waals surface area contributed by atoms with E-state index < -0.39 is 0 Å². The van der Waals surface area contributed by atoms with Gasteiger partial charge in [-0.3, -0.25) is 9.59 Å². The van der Waals surface area contributed by atoms with Crippen LogP contribution in [0.4, 0.5) is 0 Å². The van der Waals surface area contributed by atoms with Crippen molar-refractivity contribution in [2.45, 2.75) is 33.2 Å². The van der Waals surface area contributed by atoms with Crippen molar-refractivity contribution < 1.29 is 4.79 Å². The van der Waals surface area contributed by atoms with Crippen molar-refractivity contribution >= 4 is 5.91 Å². The number of aryl methyl sites for hydroxylation is 1. The average Bonchev–Trinajstić information content (AvgIpc) is 2.54. The third kappa shape index (κ3) is 4.52. The quantitative estimate of drug-likeness (QED) is 0.823. The lowest BCUT2D eigenvalue weighted by atomic mass is 10.1. The van der Waals surface area contributed by atoms with Crippen LogP contribution in [0.25, 0.3) is 11.3 Å². The van der Waals surface area contributed by atoms with E-state index in [1.54, 1.807) is 18.0 Å². The summed E-state index contributed by atoms with van der Waals surface area (Å²) in [6, 6.07) is 11.1. The zero-order chi connectivity index (χ0) is 16.8. The second-order valence-corrected chi connectivity index (χ2v) is 5.75. The van der Waals surface area contributed by atoms with Crippen molar-refractivity contribution in [3.63, 3.8) is 0 Å². The van der Waals surface area contributed by atoms with E-state index in [0.29, 0.717) is 12.2 Å². The van der Waals surface area contributed by atoms with Crippen molar-refractivity contribution in [3.05, 3.63) is 52.3 Å². The third-order valence-corrected chi connectivity index (χ3v) is 3.74. The summed E-state index contributed by atoms with van der Waals surface area (Å²) in [5, 5.41) is 4.34. The molecule has 122 valence electrons. The fourth-order valence-corrected chi connectivity index (χ4v) is 2.29. The Morgan fingerprint density at radius 1 is 1.26 bits per heavy atom. The Labute approximate surface area is 136 Å². The Morgan fingerprint density at radius 2 is 2.04 bits per heavy atom. The van der Waals surface area contributed by atoms with Gasteiger partial charge in [-0.1, -0.05) is 37.1 Å². The van der Waals surface area contributed by atoms with E-state index in [0.717, 1.165) is 24.0 Å². The Kier molecular flexibility index (Phi) is 5.68. The highest BCUT2D eigenvalue weighted by atomic mass is 16.2. The number of aromatic nitrogens is 2. The van der Waals surface area contributed by atoms with Crippen LogP contribution >= 0.6 is 0 Å². The van der Waals surface area contributed by atoms with Crippen molar-refractivity contribution in [1.29, 1.82) is 0 Å². The Hall–Kier alpha value is -2.43. The van der Waals surface area contributed by atoms with Gasteiger partial charge in [-0.15, -0.1) is 0 Å². The topological polar surface area (TPSA) is 55.2 Å². The summed E-state index contributed by atoms with van der Waals surface area (Å²) in [7, 11) is 1.76. The Morgan fingerprint density at radius 3 is 2.74 bits per heavy atom. The average molecular weight is 313 g/mol. The maximum absolute atomic E-state index is 12.2. The number of hydrogen-bond acceptors (Lipinski definition) is 3. The SMILES string of the molecule is CCCCN(C)C(=O)Cn1nc(-c2cccc(C)c2)ccc1=O. The van der Waals surface area contributed by atoms with E-state index >= 15 is 0 Å². The fraction of sp³-hybridized carbons (Fsp3) is 0.389. The number of benzene rings is 1. The second kappa shape index (κ2) is 7.72. The van der Waals surface area contributed by atoms with E-state index in [9.17, 15) is 9.59 Å². The minimum atomic E-state index is -0.265. The van der Waals surface area contributed by atoms with Crippen LogP contribution in [0.2, 0.25) is 0 Å². The van der Waals surface area contributed by atoms with Gasteiger partial charge in [0.15, 0.2) is 0 Å². The lowest BCUT2D eigenvalue weighted by molar-refractivity contribution is -0.130. The molecule has 0 spiro atoms. The third-order valence-electron chi connectivity index (χ3n) is 3.74. The highest BCUT2D eigenvalue weighted by molar-refractivity contribution is 5.75. The Balaban J connectivity index is 2.21. The molecule has 0 N–H and O–H groups in total. The normalized spacial score (nSPS) is 10.6. The predicted molar refractivity (Wildman–Crippen MR) is 91.2 cm³/mol. The highest BCUT2D eigenvalue weighted by Crippen LogP contribution is 2.16. The largest absolute Gasteiger partial charge is 0.344 e. The van der Waals surface area contributed by atoms with Gasteiger partial charge in [0.25, 0.3) is 5.56 Å². The molecule has 1 amide bonds. The van der Waals surface area contributed by atoms with Crippen LogP contribution in [0.15, 0.2) is 41.2 Å². The molecule has 2 rings (SSSR count). The molecule has 0 bridgehead atoms. The number of carbonyl (C=O) groups is 1. The zero-order valence-corrected chi connectivity index (χ0v) is 14.0. The van der Waals surface area contributed by atoms with Gasteiger partial charge in [0.2, 0.25) is 5.91 Å². The standard InChI is InChI=1S/C18H23N3O2/c1-4-5-11-20(3)18(23)13-21-17(22)10-9-16(19-21)15-8-6-7-14(2)12-15/h6-10,12H,4-5,11,13H2,1-3H3. The van der Waals surface area contributed by atoms with Crippen LogP contribution in [0, 0.1) is 6.92 Å². The molecular formula is C18H23N3O2. The molecule has 0 aliphatic carbocycles. The summed E-state index contributed by atoms with van der Waals surface area (Å²) in [4.78, 5) is 25.8. The molecule has 5 heteroatoms. The van der Waals surface area contributed by atoms with Crippen LogP contribution in [0.1, 0.15) is 25.3 Å². The first kappa shape index (κ1) is 16.9. The van der Waals surface area contributed by atoms with Crippen LogP contribution in [0.5, 0.6) is 0 Å². The minimum absolute atomic E-state index is 0.0291. The van der Waals surface area contributed by atoms with Gasteiger partial charge in [-0.05, 0) is 25.5 Å². The second-order valence-electron chi connectivity index (χ2n) is 5.75. The van der Waals surface area contributed by atoms with Gasteiger partial charge in [0, 0.05) is 25.2 Å². The Bertz CT molecular complexity index is 737. The first-order valence-electron chi connectivity index (χ1n) is 7.90. The number of unbranched alkanes of at least 4 members (excludes halogenated alkanes) is 1. The molecule has 0 fully saturated rings. The molecule has 1 heterocycles. The van der Waals surface area contributed by atoms with Gasteiger partial charge < -0.3 is 4.90 Å². The summed E-state index contributed by atoms with van der Waals surface area (Å²) in [5.74, 6) is -0.102. The molecule has 0 unspecified atom stereocenters. The maximum atomic E-state index is 12.2. The zero-order valence-electron chi connectivity index (χ0n) is 14.0. The molecule has 23 heavy (non-hydrogen) atoms. The number of likely N-dealkylation sites (N-methyl/N-ethyl adjacent to an activating group) is 1. The predicted octanol–water partition coefficient (Wildman–Crippen LogP) is 2.48. The van der Waals surface area contributed by atoms with Crippen LogP contribution < -0.4 is 5.56 Å². The molecule has 2 aromatic rings. The monoisotopic (exact) mass is 313 g/mol. The molecule has 1 aromatic carbocycles. The van der Waals surface area contributed by atoms with Gasteiger partial charge in [-0.25, -0.2) is 4.68 Å². The first-order chi connectivity index (χ1) is 11.0.